The Morgan fingerprint density at radius 3 is 2.74 bits per heavy atom. The molecule has 0 spiro atoms. The lowest BCUT2D eigenvalue weighted by Crippen LogP contribution is -2.24. The van der Waals surface area contributed by atoms with Crippen molar-refractivity contribution in [3.8, 4) is 0 Å². The molecule has 1 aromatic heterocycles. The first-order valence-corrected chi connectivity index (χ1v) is 6.50. The molecule has 4 heteroatoms. The summed E-state index contributed by atoms with van der Waals surface area (Å²) in [6, 6.07) is 7.45. The van der Waals surface area contributed by atoms with Gasteiger partial charge in [0, 0.05) is 12.0 Å². The average molecular weight is 260 g/mol. The normalized spacial score (nSPS) is 11.9. The van der Waals surface area contributed by atoms with Gasteiger partial charge in [0.1, 0.15) is 6.73 Å². The van der Waals surface area contributed by atoms with Crippen LogP contribution in [0.15, 0.2) is 35.3 Å². The molecule has 0 bridgehead atoms. The van der Waals surface area contributed by atoms with Gasteiger partial charge in [-0.05, 0) is 17.9 Å². The van der Waals surface area contributed by atoms with Gasteiger partial charge in [0.2, 0.25) is 0 Å². The number of hydrogen-bond acceptors (Lipinski definition) is 3. The van der Waals surface area contributed by atoms with E-state index in [9.17, 15) is 4.79 Å². The van der Waals surface area contributed by atoms with Crippen LogP contribution in [0.25, 0.3) is 10.8 Å². The molecule has 0 amide bonds. The summed E-state index contributed by atoms with van der Waals surface area (Å²) in [5.41, 5.74) is 0.135. The quantitative estimate of drug-likeness (QED) is 0.794. The predicted molar refractivity (Wildman–Crippen MR) is 76.0 cm³/mol. The van der Waals surface area contributed by atoms with Crippen LogP contribution < -0.4 is 5.56 Å². The van der Waals surface area contributed by atoms with Gasteiger partial charge in [-0.1, -0.05) is 39.0 Å². The fourth-order valence-electron chi connectivity index (χ4n) is 1.75. The second kappa shape index (κ2) is 5.53. The Bertz CT molecular complexity index is 611. The molecule has 4 nitrogen and oxygen atoms in total. The van der Waals surface area contributed by atoms with E-state index in [1.165, 1.54) is 4.68 Å². The van der Waals surface area contributed by atoms with Crippen LogP contribution >= 0.6 is 0 Å². The molecule has 102 valence electrons. The van der Waals surface area contributed by atoms with E-state index in [4.69, 9.17) is 4.74 Å². The number of benzene rings is 1. The topological polar surface area (TPSA) is 44.1 Å². The molecule has 0 aliphatic heterocycles. The summed E-state index contributed by atoms with van der Waals surface area (Å²) in [7, 11) is 0. The fourth-order valence-corrected chi connectivity index (χ4v) is 1.75. The van der Waals surface area contributed by atoms with E-state index in [1.54, 1.807) is 6.20 Å². The van der Waals surface area contributed by atoms with Gasteiger partial charge in [0.05, 0.1) is 11.6 Å². The Kier molecular flexibility index (Phi) is 4.00. The molecule has 0 unspecified atom stereocenters. The maximum Gasteiger partial charge on any atom is 0.276 e. The second-order valence-corrected chi connectivity index (χ2v) is 5.88. The SMILES string of the molecule is CC(C)(C)CCOCn1ncc2ccccc2c1=O. The van der Waals surface area contributed by atoms with E-state index in [0.717, 1.165) is 11.8 Å². The van der Waals surface area contributed by atoms with E-state index in [-0.39, 0.29) is 17.7 Å². The zero-order chi connectivity index (χ0) is 13.9. The number of aromatic nitrogens is 2. The molecule has 0 fully saturated rings. The Morgan fingerprint density at radius 2 is 2.00 bits per heavy atom. The lowest BCUT2D eigenvalue weighted by atomic mass is 9.93. The van der Waals surface area contributed by atoms with Gasteiger partial charge < -0.3 is 4.74 Å². The lowest BCUT2D eigenvalue weighted by molar-refractivity contribution is 0.0492. The third-order valence-corrected chi connectivity index (χ3v) is 2.97. The summed E-state index contributed by atoms with van der Waals surface area (Å²) in [6.45, 7) is 7.33. The Labute approximate surface area is 113 Å². The van der Waals surface area contributed by atoms with Crippen LogP contribution in [0.5, 0.6) is 0 Å². The van der Waals surface area contributed by atoms with E-state index in [1.807, 2.05) is 24.3 Å². The van der Waals surface area contributed by atoms with Crippen LogP contribution in [-0.2, 0) is 11.5 Å². The smallest absolute Gasteiger partial charge is 0.276 e. The summed E-state index contributed by atoms with van der Waals surface area (Å²) in [5.74, 6) is 0. The maximum atomic E-state index is 12.1. The lowest BCUT2D eigenvalue weighted by Gasteiger charge is -2.17. The molecule has 0 saturated heterocycles. The minimum atomic E-state index is -0.103. The molecule has 0 aliphatic carbocycles. The average Bonchev–Trinajstić information content (AvgIpc) is 2.36. The minimum Gasteiger partial charge on any atom is -0.359 e. The van der Waals surface area contributed by atoms with Gasteiger partial charge in [-0.2, -0.15) is 5.10 Å². The fraction of sp³-hybridized carbons (Fsp3) is 0.467. The van der Waals surface area contributed by atoms with Crippen LogP contribution in [0, 0.1) is 5.41 Å². The van der Waals surface area contributed by atoms with Crippen molar-refractivity contribution in [1.82, 2.24) is 9.78 Å². The molecule has 1 heterocycles. The van der Waals surface area contributed by atoms with Crippen LogP contribution in [-0.4, -0.2) is 16.4 Å². The Balaban J connectivity index is 2.06. The third kappa shape index (κ3) is 3.64. The highest BCUT2D eigenvalue weighted by atomic mass is 16.5. The van der Waals surface area contributed by atoms with Gasteiger partial charge in [0.15, 0.2) is 0 Å². The molecule has 0 atom stereocenters. The van der Waals surface area contributed by atoms with Crippen molar-refractivity contribution in [2.75, 3.05) is 6.61 Å². The largest absolute Gasteiger partial charge is 0.359 e. The van der Waals surface area contributed by atoms with E-state index in [2.05, 4.69) is 25.9 Å². The highest BCUT2D eigenvalue weighted by molar-refractivity contribution is 5.80. The first-order valence-electron chi connectivity index (χ1n) is 6.50. The van der Waals surface area contributed by atoms with Crippen molar-refractivity contribution >= 4 is 10.8 Å². The molecular weight excluding hydrogens is 240 g/mol. The Morgan fingerprint density at radius 1 is 1.26 bits per heavy atom. The van der Waals surface area contributed by atoms with Crippen LogP contribution in [0.1, 0.15) is 27.2 Å². The van der Waals surface area contributed by atoms with Gasteiger partial charge in [-0.25, -0.2) is 4.68 Å². The van der Waals surface area contributed by atoms with Crippen LogP contribution in [0.3, 0.4) is 0 Å². The molecule has 0 radical (unpaired) electrons. The predicted octanol–water partition coefficient (Wildman–Crippen LogP) is 2.81. The van der Waals surface area contributed by atoms with Crippen molar-refractivity contribution in [3.63, 3.8) is 0 Å². The molecular formula is C15H20N2O2. The van der Waals surface area contributed by atoms with Crippen LogP contribution in [0.2, 0.25) is 0 Å². The zero-order valence-corrected chi connectivity index (χ0v) is 11.7. The van der Waals surface area contributed by atoms with Gasteiger partial charge in [-0.15, -0.1) is 0 Å². The highest BCUT2D eigenvalue weighted by Crippen LogP contribution is 2.17. The molecule has 2 aromatic rings. The van der Waals surface area contributed by atoms with Gasteiger partial charge in [0.25, 0.3) is 5.56 Å². The summed E-state index contributed by atoms with van der Waals surface area (Å²) >= 11 is 0. The van der Waals surface area contributed by atoms with Crippen molar-refractivity contribution in [1.29, 1.82) is 0 Å². The summed E-state index contributed by atoms with van der Waals surface area (Å²) in [4.78, 5) is 12.1. The standard InChI is InChI=1S/C15H20N2O2/c1-15(2,3)8-9-19-11-17-14(18)13-7-5-4-6-12(13)10-16-17/h4-7,10H,8-9,11H2,1-3H3. The van der Waals surface area contributed by atoms with E-state index in [0.29, 0.717) is 12.0 Å². The number of hydrogen-bond donors (Lipinski definition) is 0. The van der Waals surface area contributed by atoms with E-state index >= 15 is 0 Å². The first-order chi connectivity index (χ1) is 8.97. The molecule has 0 saturated carbocycles. The molecule has 0 aliphatic rings. The summed E-state index contributed by atoms with van der Waals surface area (Å²) in [5, 5.41) is 5.66. The minimum absolute atomic E-state index is 0.103. The van der Waals surface area contributed by atoms with Crippen molar-refractivity contribution in [2.45, 2.75) is 33.9 Å². The third-order valence-electron chi connectivity index (χ3n) is 2.97. The molecule has 19 heavy (non-hydrogen) atoms. The number of fused-ring (bicyclic) bond motifs is 1. The first kappa shape index (κ1) is 13.7. The molecule has 2 rings (SSSR count). The number of nitrogens with zero attached hydrogens (tertiary/aromatic N) is 2. The van der Waals surface area contributed by atoms with Crippen molar-refractivity contribution < 1.29 is 4.74 Å². The Hall–Kier alpha value is -1.68. The maximum absolute atomic E-state index is 12.1. The number of rotatable bonds is 4. The monoisotopic (exact) mass is 260 g/mol. The van der Waals surface area contributed by atoms with Crippen molar-refractivity contribution in [3.05, 3.63) is 40.8 Å². The molecule has 0 N–H and O–H groups in total. The summed E-state index contributed by atoms with van der Waals surface area (Å²) < 4.78 is 6.89. The van der Waals surface area contributed by atoms with E-state index < -0.39 is 0 Å². The van der Waals surface area contributed by atoms with Gasteiger partial charge in [-0.3, -0.25) is 4.79 Å². The number of ether oxygens (including phenoxy) is 1. The van der Waals surface area contributed by atoms with Gasteiger partial charge >= 0.3 is 0 Å². The zero-order valence-electron chi connectivity index (χ0n) is 11.7. The highest BCUT2D eigenvalue weighted by Gasteiger charge is 2.09. The molecule has 1 aromatic carbocycles. The van der Waals surface area contributed by atoms with Crippen LogP contribution in [0.4, 0.5) is 0 Å². The summed E-state index contributed by atoms with van der Waals surface area (Å²) in [6.07, 6.45) is 2.65. The second-order valence-electron chi connectivity index (χ2n) is 5.88. The van der Waals surface area contributed by atoms with Crippen molar-refractivity contribution in [2.24, 2.45) is 5.41 Å².